The highest BCUT2D eigenvalue weighted by Crippen LogP contribution is 2.19. The van der Waals surface area contributed by atoms with Crippen LogP contribution >= 0.6 is 11.6 Å². The van der Waals surface area contributed by atoms with Crippen LogP contribution in [-0.4, -0.2) is 20.5 Å². The first-order valence-corrected chi connectivity index (χ1v) is 11.5. The Bertz CT molecular complexity index is 1400. The lowest BCUT2D eigenvalue weighted by atomic mass is 10.1. The Hall–Kier alpha value is -3.68. The minimum atomic E-state index is -3.76. The predicted octanol–water partition coefficient (Wildman–Crippen LogP) is 5.06. The monoisotopic (exact) mass is 463 g/mol. The van der Waals surface area contributed by atoms with Crippen LogP contribution in [0.2, 0.25) is 5.02 Å². The number of carbonyl (C=O) groups is 1. The molecule has 0 saturated heterocycles. The number of halogens is 1. The fourth-order valence-corrected chi connectivity index (χ4v) is 4.29. The lowest BCUT2D eigenvalue weighted by Crippen LogP contribution is -2.18. The van der Waals surface area contributed by atoms with Crippen LogP contribution in [0.25, 0.3) is 10.8 Å². The van der Waals surface area contributed by atoms with Crippen molar-refractivity contribution in [1.29, 1.82) is 0 Å². The Labute approximate surface area is 190 Å². The van der Waals surface area contributed by atoms with Gasteiger partial charge in [-0.2, -0.15) is 5.10 Å². The van der Waals surface area contributed by atoms with Crippen LogP contribution in [0, 0.1) is 0 Å². The summed E-state index contributed by atoms with van der Waals surface area (Å²) in [5.74, 6) is -0.409. The van der Waals surface area contributed by atoms with E-state index in [1.807, 2.05) is 42.5 Å². The quantitative estimate of drug-likeness (QED) is 0.309. The van der Waals surface area contributed by atoms with E-state index in [0.717, 1.165) is 16.3 Å². The molecular weight excluding hydrogens is 446 g/mol. The first kappa shape index (κ1) is 21.5. The fourth-order valence-electron chi connectivity index (χ4n) is 3.11. The first-order valence-electron chi connectivity index (χ1n) is 9.62. The van der Waals surface area contributed by atoms with Crippen LogP contribution < -0.4 is 10.1 Å². The Balaban J connectivity index is 1.42. The van der Waals surface area contributed by atoms with Crippen molar-refractivity contribution in [1.82, 2.24) is 5.43 Å². The van der Waals surface area contributed by atoms with Crippen molar-refractivity contribution in [3.8, 4) is 0 Å². The highest BCUT2D eigenvalue weighted by Gasteiger charge is 2.14. The molecule has 0 bridgehead atoms. The number of nitrogens with zero attached hydrogens (tertiary/aromatic N) is 1. The van der Waals surface area contributed by atoms with Gasteiger partial charge in [-0.25, -0.2) is 13.8 Å². The molecule has 0 aliphatic heterocycles. The molecule has 0 radical (unpaired) electrons. The lowest BCUT2D eigenvalue weighted by Gasteiger charge is -2.09. The van der Waals surface area contributed by atoms with Crippen LogP contribution in [0.15, 0.2) is 101 Å². The van der Waals surface area contributed by atoms with Crippen molar-refractivity contribution < 1.29 is 13.2 Å². The fraction of sp³-hybridized carbons (Fsp3) is 0. The van der Waals surface area contributed by atoms with Gasteiger partial charge in [-0.3, -0.25) is 9.52 Å². The lowest BCUT2D eigenvalue weighted by molar-refractivity contribution is 0.0955. The molecule has 8 heteroatoms. The van der Waals surface area contributed by atoms with Gasteiger partial charge in [-0.05, 0) is 59.3 Å². The van der Waals surface area contributed by atoms with Crippen molar-refractivity contribution in [3.63, 3.8) is 0 Å². The van der Waals surface area contributed by atoms with Crippen LogP contribution in [0.3, 0.4) is 0 Å². The molecule has 4 aromatic carbocycles. The van der Waals surface area contributed by atoms with Gasteiger partial charge in [0.05, 0.1) is 11.1 Å². The minimum Gasteiger partial charge on any atom is -0.280 e. The number of benzene rings is 4. The first-order chi connectivity index (χ1) is 15.4. The third kappa shape index (κ3) is 4.96. The molecule has 4 aromatic rings. The third-order valence-electron chi connectivity index (χ3n) is 4.72. The summed E-state index contributed by atoms with van der Waals surface area (Å²) in [6.45, 7) is 0. The van der Waals surface area contributed by atoms with Crippen LogP contribution in [0.4, 0.5) is 5.69 Å². The summed E-state index contributed by atoms with van der Waals surface area (Å²) < 4.78 is 27.4. The zero-order chi connectivity index (χ0) is 22.6. The predicted molar refractivity (Wildman–Crippen MR) is 128 cm³/mol. The van der Waals surface area contributed by atoms with E-state index in [4.69, 9.17) is 11.6 Å². The van der Waals surface area contributed by atoms with Crippen molar-refractivity contribution in [2.45, 2.75) is 4.90 Å². The summed E-state index contributed by atoms with van der Waals surface area (Å²) in [7, 11) is -3.76. The number of hydrogen-bond donors (Lipinski definition) is 2. The van der Waals surface area contributed by atoms with Gasteiger partial charge < -0.3 is 0 Å². The summed E-state index contributed by atoms with van der Waals surface area (Å²) in [5.41, 5.74) is 4.05. The van der Waals surface area contributed by atoms with Crippen LogP contribution in [0.1, 0.15) is 15.9 Å². The third-order valence-corrected chi connectivity index (χ3v) is 6.37. The maximum atomic E-state index is 12.4. The van der Waals surface area contributed by atoms with Gasteiger partial charge in [-0.15, -0.1) is 0 Å². The standard InChI is InChI=1S/C24H18ClN3O3S/c25-20-10-14-22(15-11-20)32(30,31)28-21-12-8-18(9-13-21)24(29)27-26-16-19-6-3-5-17-4-1-2-7-23(17)19/h1-16,28H,(H,27,29)/b26-16+. The van der Waals surface area contributed by atoms with E-state index in [-0.39, 0.29) is 4.90 Å². The summed E-state index contributed by atoms with van der Waals surface area (Å²) >= 11 is 5.80. The molecule has 0 aliphatic carbocycles. The Kier molecular flexibility index (Phi) is 6.20. The van der Waals surface area contributed by atoms with E-state index in [1.54, 1.807) is 6.21 Å². The molecule has 2 N–H and O–H groups in total. The molecule has 0 aliphatic rings. The van der Waals surface area contributed by atoms with Gasteiger partial charge in [0.15, 0.2) is 0 Å². The Morgan fingerprint density at radius 2 is 1.53 bits per heavy atom. The molecule has 0 unspecified atom stereocenters. The number of nitrogens with one attached hydrogen (secondary N) is 2. The van der Waals surface area contributed by atoms with E-state index in [2.05, 4.69) is 15.2 Å². The van der Waals surface area contributed by atoms with Crippen molar-refractivity contribution in [2.24, 2.45) is 5.10 Å². The second kappa shape index (κ2) is 9.21. The topological polar surface area (TPSA) is 87.6 Å². The number of hydrogen-bond acceptors (Lipinski definition) is 4. The largest absolute Gasteiger partial charge is 0.280 e. The summed E-state index contributed by atoms with van der Waals surface area (Å²) in [5, 5.41) is 6.61. The van der Waals surface area contributed by atoms with E-state index in [9.17, 15) is 13.2 Å². The van der Waals surface area contributed by atoms with Gasteiger partial charge in [0, 0.05) is 21.8 Å². The number of amides is 1. The molecule has 4 rings (SSSR count). The van der Waals surface area contributed by atoms with Gasteiger partial charge in [0.2, 0.25) is 0 Å². The maximum absolute atomic E-state index is 12.4. The number of hydrazone groups is 1. The molecule has 1 amide bonds. The normalized spacial score (nSPS) is 11.5. The number of fused-ring (bicyclic) bond motifs is 1. The molecule has 0 heterocycles. The number of sulfonamides is 1. The SMILES string of the molecule is O=C(N/N=C/c1cccc2ccccc12)c1ccc(NS(=O)(=O)c2ccc(Cl)cc2)cc1. The molecule has 0 atom stereocenters. The van der Waals surface area contributed by atoms with Gasteiger partial charge in [-0.1, -0.05) is 54.1 Å². The summed E-state index contributed by atoms with van der Waals surface area (Å²) in [6, 6.07) is 25.6. The molecular formula is C24H18ClN3O3S. The Morgan fingerprint density at radius 3 is 2.28 bits per heavy atom. The van der Waals surface area contributed by atoms with E-state index in [0.29, 0.717) is 16.3 Å². The smallest absolute Gasteiger partial charge is 0.271 e. The van der Waals surface area contributed by atoms with E-state index >= 15 is 0 Å². The number of rotatable bonds is 6. The summed E-state index contributed by atoms with van der Waals surface area (Å²) in [4.78, 5) is 12.5. The molecule has 32 heavy (non-hydrogen) atoms. The minimum absolute atomic E-state index is 0.0893. The molecule has 160 valence electrons. The average molecular weight is 464 g/mol. The van der Waals surface area contributed by atoms with Gasteiger partial charge >= 0.3 is 0 Å². The number of anilines is 1. The molecule has 0 aromatic heterocycles. The molecule has 6 nitrogen and oxygen atoms in total. The average Bonchev–Trinajstić information content (AvgIpc) is 2.80. The Morgan fingerprint density at radius 1 is 0.844 bits per heavy atom. The van der Waals surface area contributed by atoms with Gasteiger partial charge in [0.1, 0.15) is 0 Å². The number of carbonyl (C=O) groups excluding carboxylic acids is 1. The highest BCUT2D eigenvalue weighted by atomic mass is 35.5. The zero-order valence-corrected chi connectivity index (χ0v) is 18.3. The van der Waals surface area contributed by atoms with E-state index in [1.165, 1.54) is 48.5 Å². The molecule has 0 spiro atoms. The van der Waals surface area contributed by atoms with Crippen molar-refractivity contribution in [3.05, 3.63) is 107 Å². The van der Waals surface area contributed by atoms with Crippen molar-refractivity contribution >= 4 is 50.2 Å². The van der Waals surface area contributed by atoms with Gasteiger partial charge in [0.25, 0.3) is 15.9 Å². The second-order valence-electron chi connectivity index (χ2n) is 6.90. The highest BCUT2D eigenvalue weighted by molar-refractivity contribution is 7.92. The van der Waals surface area contributed by atoms with Crippen LogP contribution in [0.5, 0.6) is 0 Å². The second-order valence-corrected chi connectivity index (χ2v) is 9.02. The summed E-state index contributed by atoms with van der Waals surface area (Å²) in [6.07, 6.45) is 1.59. The maximum Gasteiger partial charge on any atom is 0.271 e. The van der Waals surface area contributed by atoms with E-state index < -0.39 is 15.9 Å². The van der Waals surface area contributed by atoms with Crippen molar-refractivity contribution in [2.75, 3.05) is 4.72 Å². The van der Waals surface area contributed by atoms with Crippen LogP contribution in [-0.2, 0) is 10.0 Å². The zero-order valence-electron chi connectivity index (χ0n) is 16.7. The molecule has 0 saturated carbocycles. The molecule has 0 fully saturated rings.